The number of nitrogen functional groups attached to an aromatic ring is 1. The summed E-state index contributed by atoms with van der Waals surface area (Å²) in [6.07, 6.45) is 3.56. The zero-order chi connectivity index (χ0) is 12.8. The van der Waals surface area contributed by atoms with Crippen LogP contribution in [-0.4, -0.2) is 27.6 Å². The molecule has 7 heteroatoms. The van der Waals surface area contributed by atoms with E-state index in [4.69, 9.17) is 5.73 Å². The van der Waals surface area contributed by atoms with Crippen LogP contribution in [-0.2, 0) is 17.6 Å². The van der Waals surface area contributed by atoms with Crippen molar-refractivity contribution < 1.29 is 9.32 Å². The Morgan fingerprint density at radius 2 is 2.28 bits per heavy atom. The van der Waals surface area contributed by atoms with Gasteiger partial charge in [-0.15, -0.1) is 0 Å². The predicted molar refractivity (Wildman–Crippen MR) is 63.4 cm³/mol. The quantitative estimate of drug-likeness (QED) is 0.767. The normalized spacial score (nSPS) is 10.2. The molecular formula is C11H13N5O2. The molecule has 0 fully saturated rings. The topological polar surface area (TPSA) is 107 Å². The average molecular weight is 247 g/mol. The Labute approximate surface area is 103 Å². The van der Waals surface area contributed by atoms with E-state index in [1.807, 2.05) is 0 Å². The lowest BCUT2D eigenvalue weighted by molar-refractivity contribution is -0.120. The van der Waals surface area contributed by atoms with Gasteiger partial charge in [-0.2, -0.15) is 4.98 Å². The van der Waals surface area contributed by atoms with E-state index >= 15 is 0 Å². The minimum atomic E-state index is -0.101. The standard InChI is InChI=1S/C11H13N5O2/c12-8-1-2-9(14-6-8)5-11(17)13-4-3-10-15-7-18-16-10/h1-2,6-7H,3-5,12H2,(H,13,17). The Hall–Kier alpha value is -2.44. The van der Waals surface area contributed by atoms with Gasteiger partial charge in [0.1, 0.15) is 0 Å². The molecule has 94 valence electrons. The molecule has 0 saturated heterocycles. The fraction of sp³-hybridized carbons (Fsp3) is 0.273. The highest BCUT2D eigenvalue weighted by Crippen LogP contribution is 2.01. The Morgan fingerprint density at radius 1 is 1.39 bits per heavy atom. The molecule has 0 spiro atoms. The first-order valence-electron chi connectivity index (χ1n) is 5.46. The summed E-state index contributed by atoms with van der Waals surface area (Å²) in [5, 5.41) is 6.40. The van der Waals surface area contributed by atoms with Crippen molar-refractivity contribution in [3.63, 3.8) is 0 Å². The third kappa shape index (κ3) is 3.55. The van der Waals surface area contributed by atoms with E-state index < -0.39 is 0 Å². The van der Waals surface area contributed by atoms with Gasteiger partial charge < -0.3 is 15.6 Å². The van der Waals surface area contributed by atoms with Crippen LogP contribution in [0.5, 0.6) is 0 Å². The molecule has 2 aromatic rings. The third-order valence-electron chi connectivity index (χ3n) is 2.27. The van der Waals surface area contributed by atoms with Gasteiger partial charge in [0.25, 0.3) is 0 Å². The number of nitrogens with zero attached hydrogens (tertiary/aromatic N) is 3. The summed E-state index contributed by atoms with van der Waals surface area (Å²) in [6, 6.07) is 3.45. The Balaban J connectivity index is 1.73. The lowest BCUT2D eigenvalue weighted by Crippen LogP contribution is -2.27. The molecule has 0 radical (unpaired) electrons. The molecule has 0 unspecified atom stereocenters. The van der Waals surface area contributed by atoms with E-state index in [-0.39, 0.29) is 12.3 Å². The van der Waals surface area contributed by atoms with Crippen LogP contribution in [0.4, 0.5) is 5.69 Å². The number of amides is 1. The first-order valence-corrected chi connectivity index (χ1v) is 5.46. The summed E-state index contributed by atoms with van der Waals surface area (Å²) in [6.45, 7) is 0.466. The van der Waals surface area contributed by atoms with Gasteiger partial charge in [-0.1, -0.05) is 5.16 Å². The molecule has 0 aliphatic carbocycles. The maximum Gasteiger partial charge on any atom is 0.226 e. The fourth-order valence-electron chi connectivity index (χ4n) is 1.38. The molecular weight excluding hydrogens is 234 g/mol. The first-order chi connectivity index (χ1) is 8.74. The first kappa shape index (κ1) is 12.0. The van der Waals surface area contributed by atoms with Crippen molar-refractivity contribution in [1.29, 1.82) is 0 Å². The van der Waals surface area contributed by atoms with Crippen molar-refractivity contribution >= 4 is 11.6 Å². The lowest BCUT2D eigenvalue weighted by atomic mass is 10.2. The molecule has 0 bridgehead atoms. The number of nitrogens with two attached hydrogens (primary N) is 1. The minimum absolute atomic E-state index is 0.101. The van der Waals surface area contributed by atoms with Crippen LogP contribution in [0.3, 0.4) is 0 Å². The van der Waals surface area contributed by atoms with Gasteiger partial charge in [-0.05, 0) is 12.1 Å². The van der Waals surface area contributed by atoms with E-state index in [0.29, 0.717) is 30.2 Å². The average Bonchev–Trinajstić information content (AvgIpc) is 2.85. The number of pyridine rings is 1. The SMILES string of the molecule is Nc1ccc(CC(=O)NCCc2ncon2)nc1. The van der Waals surface area contributed by atoms with E-state index in [2.05, 4.69) is 25.0 Å². The number of hydrogen-bond acceptors (Lipinski definition) is 6. The third-order valence-corrected chi connectivity index (χ3v) is 2.27. The lowest BCUT2D eigenvalue weighted by Gasteiger charge is -2.03. The van der Waals surface area contributed by atoms with Gasteiger partial charge >= 0.3 is 0 Å². The van der Waals surface area contributed by atoms with Crippen molar-refractivity contribution in [3.05, 3.63) is 36.2 Å². The molecule has 0 aromatic carbocycles. The second-order valence-electron chi connectivity index (χ2n) is 3.71. The Kier molecular flexibility index (Phi) is 3.85. The number of nitrogens with one attached hydrogen (secondary N) is 1. The van der Waals surface area contributed by atoms with Gasteiger partial charge in [0.05, 0.1) is 18.3 Å². The van der Waals surface area contributed by atoms with Crippen LogP contribution in [0, 0.1) is 0 Å². The van der Waals surface area contributed by atoms with Crippen LogP contribution in [0.2, 0.25) is 0 Å². The summed E-state index contributed by atoms with van der Waals surface area (Å²) < 4.78 is 4.58. The molecule has 1 amide bonds. The van der Waals surface area contributed by atoms with Crippen molar-refractivity contribution in [2.24, 2.45) is 0 Å². The molecule has 7 nitrogen and oxygen atoms in total. The second kappa shape index (κ2) is 5.76. The molecule has 0 aliphatic heterocycles. The van der Waals surface area contributed by atoms with Crippen LogP contribution < -0.4 is 11.1 Å². The van der Waals surface area contributed by atoms with Crippen LogP contribution >= 0.6 is 0 Å². The number of carbonyl (C=O) groups excluding carboxylic acids is 1. The number of carbonyl (C=O) groups is 1. The van der Waals surface area contributed by atoms with Crippen molar-refractivity contribution in [2.45, 2.75) is 12.8 Å². The van der Waals surface area contributed by atoms with E-state index in [1.165, 1.54) is 12.6 Å². The van der Waals surface area contributed by atoms with Gasteiger partial charge in [-0.3, -0.25) is 9.78 Å². The van der Waals surface area contributed by atoms with Crippen molar-refractivity contribution in [3.8, 4) is 0 Å². The number of hydrogen-bond donors (Lipinski definition) is 2. The molecule has 18 heavy (non-hydrogen) atoms. The monoisotopic (exact) mass is 247 g/mol. The van der Waals surface area contributed by atoms with Gasteiger partial charge in [0, 0.05) is 18.7 Å². The van der Waals surface area contributed by atoms with Gasteiger partial charge in [0.15, 0.2) is 5.82 Å². The zero-order valence-electron chi connectivity index (χ0n) is 9.67. The number of aromatic nitrogens is 3. The van der Waals surface area contributed by atoms with Crippen LogP contribution in [0.15, 0.2) is 29.2 Å². The molecule has 0 saturated carbocycles. The molecule has 2 rings (SSSR count). The van der Waals surface area contributed by atoms with Gasteiger partial charge in [-0.25, -0.2) is 0 Å². The van der Waals surface area contributed by atoms with Crippen molar-refractivity contribution in [1.82, 2.24) is 20.4 Å². The maximum atomic E-state index is 11.6. The fourth-order valence-corrected chi connectivity index (χ4v) is 1.38. The number of anilines is 1. The maximum absolute atomic E-state index is 11.6. The molecule has 2 heterocycles. The molecule has 2 aromatic heterocycles. The summed E-state index contributed by atoms with van der Waals surface area (Å²) in [5.41, 5.74) is 6.77. The largest absolute Gasteiger partial charge is 0.397 e. The van der Waals surface area contributed by atoms with E-state index in [9.17, 15) is 4.79 Å². The molecule has 0 atom stereocenters. The molecule has 0 aliphatic rings. The number of rotatable bonds is 5. The van der Waals surface area contributed by atoms with E-state index in [0.717, 1.165) is 0 Å². The second-order valence-corrected chi connectivity index (χ2v) is 3.71. The Morgan fingerprint density at radius 3 is 2.94 bits per heavy atom. The molecule has 3 N–H and O–H groups in total. The predicted octanol–water partition coefficient (Wildman–Crippen LogP) is -0.0518. The minimum Gasteiger partial charge on any atom is -0.397 e. The Bertz CT molecular complexity index is 495. The highest BCUT2D eigenvalue weighted by Gasteiger charge is 2.05. The summed E-state index contributed by atoms with van der Waals surface area (Å²) >= 11 is 0. The van der Waals surface area contributed by atoms with E-state index in [1.54, 1.807) is 12.1 Å². The highest BCUT2D eigenvalue weighted by molar-refractivity contribution is 5.78. The smallest absolute Gasteiger partial charge is 0.226 e. The summed E-state index contributed by atoms with van der Waals surface area (Å²) in [7, 11) is 0. The highest BCUT2D eigenvalue weighted by atomic mass is 16.5. The van der Waals surface area contributed by atoms with Crippen LogP contribution in [0.25, 0.3) is 0 Å². The summed E-state index contributed by atoms with van der Waals surface area (Å²) in [4.78, 5) is 19.5. The summed E-state index contributed by atoms with van der Waals surface area (Å²) in [5.74, 6) is 0.469. The zero-order valence-corrected chi connectivity index (χ0v) is 9.67. The van der Waals surface area contributed by atoms with Crippen LogP contribution in [0.1, 0.15) is 11.5 Å². The van der Waals surface area contributed by atoms with Gasteiger partial charge in [0.2, 0.25) is 12.3 Å². The van der Waals surface area contributed by atoms with Crippen molar-refractivity contribution in [2.75, 3.05) is 12.3 Å².